The number of phenolic OH excluding ortho intramolecular Hbond substituents is 2. The zero-order valence-electron chi connectivity index (χ0n) is 29.4. The monoisotopic (exact) mass is 694 g/mol. The van der Waals surface area contributed by atoms with Crippen LogP contribution in [0.2, 0.25) is 0 Å². The predicted octanol–water partition coefficient (Wildman–Crippen LogP) is 3.30. The molecule has 0 radical (unpaired) electrons. The van der Waals surface area contributed by atoms with Crippen molar-refractivity contribution in [2.75, 3.05) is 7.11 Å². The molecule has 0 spiro atoms. The number of fused-ring (bicyclic) bond motifs is 3. The number of phenols is 2. The lowest BCUT2D eigenvalue weighted by Crippen LogP contribution is -2.59. The van der Waals surface area contributed by atoms with Crippen molar-refractivity contribution >= 4 is 23.0 Å². The number of benzene rings is 2. The summed E-state index contributed by atoms with van der Waals surface area (Å²) in [5.74, 6) is -2.43. The predicted molar refractivity (Wildman–Crippen MR) is 181 cm³/mol. The average molecular weight is 695 g/mol. The Bertz CT molecular complexity index is 1790. The Morgan fingerprint density at radius 1 is 1.02 bits per heavy atom. The van der Waals surface area contributed by atoms with Gasteiger partial charge in [0.25, 0.3) is 0 Å². The van der Waals surface area contributed by atoms with Crippen LogP contribution in [0.1, 0.15) is 116 Å². The number of hydroxylamine groups is 2. The Labute approximate surface area is 290 Å². The van der Waals surface area contributed by atoms with Crippen LogP contribution >= 0.6 is 0 Å². The number of nitrogens with two attached hydrogens (primary N) is 1. The van der Waals surface area contributed by atoms with Crippen LogP contribution in [0, 0.1) is 0 Å². The molecule has 14 heteroatoms. The maximum absolute atomic E-state index is 14.0. The molecule has 0 bridgehead atoms. The lowest BCUT2D eigenvalue weighted by molar-refractivity contribution is -0.245. The number of hydrogen-bond donors (Lipinski definition) is 6. The molecule has 14 nitrogen and oxygen atoms in total. The first-order valence-electron chi connectivity index (χ1n) is 16.7. The molecule has 2 aliphatic heterocycles. The highest BCUT2D eigenvalue weighted by Crippen LogP contribution is 2.52. The van der Waals surface area contributed by atoms with Gasteiger partial charge in [-0.1, -0.05) is 12.1 Å². The number of carbonyl (C=O) groups is 2. The van der Waals surface area contributed by atoms with Crippen molar-refractivity contribution in [3.63, 3.8) is 0 Å². The summed E-state index contributed by atoms with van der Waals surface area (Å²) >= 11 is 0. The number of aliphatic hydroxyl groups is 2. The lowest BCUT2D eigenvalue weighted by Gasteiger charge is -2.48. The van der Waals surface area contributed by atoms with Gasteiger partial charge < -0.3 is 45.6 Å². The van der Waals surface area contributed by atoms with Gasteiger partial charge in [-0.25, -0.2) is 0 Å². The molecular formula is C36H46N4O10. The topological polar surface area (TPSA) is 217 Å². The minimum Gasteiger partial charge on any atom is -0.507 e. The van der Waals surface area contributed by atoms with Crippen molar-refractivity contribution < 1.29 is 49.4 Å². The number of nitrogens with zero attached hydrogens (tertiary/aromatic N) is 3. The van der Waals surface area contributed by atoms with E-state index in [0.717, 1.165) is 0 Å². The number of hydrogen-bond acceptors (Lipinski definition) is 14. The fraction of sp³-hybridized carbons (Fsp3) is 0.556. The van der Waals surface area contributed by atoms with E-state index in [-0.39, 0.29) is 53.0 Å². The van der Waals surface area contributed by atoms with E-state index in [4.69, 9.17) is 19.9 Å². The maximum atomic E-state index is 14.0. The quantitative estimate of drug-likeness (QED) is 0.129. The molecule has 6 rings (SSSR count). The number of aromatic hydroxyl groups is 2. The van der Waals surface area contributed by atoms with Gasteiger partial charge in [0.15, 0.2) is 12.1 Å². The summed E-state index contributed by atoms with van der Waals surface area (Å²) in [4.78, 5) is 27.9. The molecule has 7 N–H and O–H groups in total. The van der Waals surface area contributed by atoms with Gasteiger partial charge in [0, 0.05) is 71.6 Å². The SMILES string of the molecule is COc1cccc2c1C(=O)c1c(O)c3c(c(O)c1C2=O)C[C@@](O)(/C(C)=N/N=C1CC(C)(C)N(O)C(C)(C)C1)C[C@@H]3O[C@H]1C[C@H](N)[C@H](O)[C@H](C)O1. The Balaban J connectivity index is 1.46. The summed E-state index contributed by atoms with van der Waals surface area (Å²) in [6.07, 6.45) is -3.44. The van der Waals surface area contributed by atoms with Crippen molar-refractivity contribution in [1.82, 2.24) is 5.06 Å². The molecule has 0 unspecified atom stereocenters. The summed E-state index contributed by atoms with van der Waals surface area (Å²) < 4.78 is 17.6. The van der Waals surface area contributed by atoms with Crippen molar-refractivity contribution in [1.29, 1.82) is 0 Å². The minimum absolute atomic E-state index is 0.000790. The van der Waals surface area contributed by atoms with E-state index in [9.17, 15) is 35.2 Å². The summed E-state index contributed by atoms with van der Waals surface area (Å²) in [5.41, 5.74) is 3.18. The molecule has 2 aromatic rings. The third-order valence-electron chi connectivity index (χ3n) is 10.6. The van der Waals surface area contributed by atoms with E-state index in [1.165, 1.54) is 24.3 Å². The van der Waals surface area contributed by atoms with Gasteiger partial charge in [-0.15, -0.1) is 0 Å². The summed E-state index contributed by atoms with van der Waals surface area (Å²) in [7, 11) is 1.36. The number of piperidine rings is 1. The third kappa shape index (κ3) is 5.82. The highest BCUT2D eigenvalue weighted by molar-refractivity contribution is 6.31. The summed E-state index contributed by atoms with van der Waals surface area (Å²) in [5, 5.41) is 67.3. The minimum atomic E-state index is -1.81. The van der Waals surface area contributed by atoms with Gasteiger partial charge in [-0.05, 0) is 47.6 Å². The van der Waals surface area contributed by atoms with Gasteiger partial charge in [0.05, 0.1) is 47.8 Å². The molecule has 2 fully saturated rings. The zero-order chi connectivity index (χ0) is 36.7. The number of aliphatic hydroxyl groups excluding tert-OH is 1. The van der Waals surface area contributed by atoms with Gasteiger partial charge in [-0.2, -0.15) is 15.3 Å². The molecule has 2 heterocycles. The molecule has 270 valence electrons. The van der Waals surface area contributed by atoms with E-state index in [0.29, 0.717) is 18.6 Å². The Morgan fingerprint density at radius 2 is 1.66 bits per heavy atom. The van der Waals surface area contributed by atoms with E-state index in [1.54, 1.807) is 19.9 Å². The van der Waals surface area contributed by atoms with Crippen LogP contribution in [0.5, 0.6) is 17.2 Å². The molecule has 2 aliphatic carbocycles. The number of ketones is 2. The molecule has 50 heavy (non-hydrogen) atoms. The Morgan fingerprint density at radius 3 is 2.28 bits per heavy atom. The molecule has 0 amide bonds. The number of methoxy groups -OCH3 is 1. The molecule has 0 aromatic heterocycles. The molecule has 6 atom stereocenters. The molecule has 2 saturated heterocycles. The maximum Gasteiger partial charge on any atom is 0.202 e. The lowest BCUT2D eigenvalue weighted by atomic mass is 9.71. The van der Waals surface area contributed by atoms with Crippen LogP contribution in [0.3, 0.4) is 0 Å². The zero-order valence-corrected chi connectivity index (χ0v) is 29.4. The number of rotatable bonds is 5. The van der Waals surface area contributed by atoms with Crippen molar-refractivity contribution in [3.05, 3.63) is 51.6 Å². The van der Waals surface area contributed by atoms with Crippen LogP contribution in [0.15, 0.2) is 28.4 Å². The van der Waals surface area contributed by atoms with Gasteiger partial charge >= 0.3 is 0 Å². The van der Waals surface area contributed by atoms with E-state index < -0.39 is 81.5 Å². The second-order valence-electron chi connectivity index (χ2n) is 15.2. The highest BCUT2D eigenvalue weighted by atomic mass is 16.7. The van der Waals surface area contributed by atoms with E-state index in [2.05, 4.69) is 10.2 Å². The fourth-order valence-electron chi connectivity index (χ4n) is 8.01. The molecule has 2 aromatic carbocycles. The van der Waals surface area contributed by atoms with Gasteiger partial charge in [0.2, 0.25) is 5.78 Å². The van der Waals surface area contributed by atoms with Crippen molar-refractivity contribution in [2.45, 2.75) is 121 Å². The summed E-state index contributed by atoms with van der Waals surface area (Å²) in [6, 6.07) is 3.82. The second-order valence-corrected chi connectivity index (χ2v) is 15.2. The molecule has 0 saturated carbocycles. The van der Waals surface area contributed by atoms with Gasteiger partial charge in [-0.3, -0.25) is 9.59 Å². The normalized spacial score (nSPS) is 30.7. The van der Waals surface area contributed by atoms with Crippen LogP contribution in [-0.4, -0.2) is 102 Å². The summed E-state index contributed by atoms with van der Waals surface area (Å²) in [6.45, 7) is 10.8. The van der Waals surface area contributed by atoms with Gasteiger partial charge in [0.1, 0.15) is 22.8 Å². The number of carbonyl (C=O) groups excluding carboxylic acids is 2. The smallest absolute Gasteiger partial charge is 0.202 e. The first-order valence-corrected chi connectivity index (χ1v) is 16.7. The second kappa shape index (κ2) is 12.5. The third-order valence-corrected chi connectivity index (χ3v) is 10.6. The van der Waals surface area contributed by atoms with Crippen molar-refractivity contribution in [3.8, 4) is 17.2 Å². The Kier molecular flexibility index (Phi) is 8.99. The van der Waals surface area contributed by atoms with Crippen LogP contribution < -0.4 is 10.5 Å². The van der Waals surface area contributed by atoms with Crippen LogP contribution in [0.25, 0.3) is 0 Å². The molecular weight excluding hydrogens is 648 g/mol. The van der Waals surface area contributed by atoms with E-state index >= 15 is 0 Å². The highest BCUT2D eigenvalue weighted by Gasteiger charge is 2.49. The largest absolute Gasteiger partial charge is 0.507 e. The Hall–Kier alpha value is -3.76. The standard InChI is InChI=1S/C36H46N4O10/c1-16-29(41)21(37)11-24(49-16)50-23-15-36(46,17(2)38-39-18-12-34(3,4)40(47)35(5,6)13-18)14-20-26(23)33(45)28-27(31(20)43)30(42)19-9-8-10-22(48-7)25(19)32(28)44/h8-10,16,21,23-24,29,41,43,45-47H,11-15,37H2,1-7H3/b38-17+/t16-,21-,23-,24-,29+,36-/m0/s1. The van der Waals surface area contributed by atoms with E-state index in [1.807, 2.05) is 27.7 Å². The number of ether oxygens (including phenoxy) is 3. The van der Waals surface area contributed by atoms with Crippen LogP contribution in [-0.2, 0) is 15.9 Å². The first kappa shape index (κ1) is 36.0. The molecule has 4 aliphatic rings. The first-order chi connectivity index (χ1) is 23.3. The fourth-order valence-corrected chi connectivity index (χ4v) is 8.01. The van der Waals surface area contributed by atoms with Crippen LogP contribution in [0.4, 0.5) is 0 Å². The average Bonchev–Trinajstić information content (AvgIpc) is 3.04. The van der Waals surface area contributed by atoms with Crippen molar-refractivity contribution in [2.24, 2.45) is 15.9 Å².